The second-order valence-electron chi connectivity index (χ2n) is 4.51. The monoisotopic (exact) mass is 156 g/mol. The first-order valence-corrected chi connectivity index (χ1v) is 4.33. The summed E-state index contributed by atoms with van der Waals surface area (Å²) < 4.78 is 0. The van der Waals surface area contributed by atoms with E-state index in [1.165, 1.54) is 0 Å². The van der Waals surface area contributed by atoms with E-state index in [9.17, 15) is 4.79 Å². The Morgan fingerprint density at radius 2 is 1.82 bits per heavy atom. The molecule has 0 aliphatic heterocycles. The Morgan fingerprint density at radius 3 is 2.09 bits per heavy atom. The fraction of sp³-hybridized carbons (Fsp3) is 0.900. The van der Waals surface area contributed by atoms with Gasteiger partial charge in [0, 0.05) is 6.42 Å². The molecule has 0 heterocycles. The van der Waals surface area contributed by atoms with E-state index in [0.717, 1.165) is 12.8 Å². The van der Waals surface area contributed by atoms with Crippen molar-refractivity contribution in [3.63, 3.8) is 0 Å². The van der Waals surface area contributed by atoms with Gasteiger partial charge in [-0.1, -0.05) is 27.7 Å². The molecule has 0 rings (SSSR count). The van der Waals surface area contributed by atoms with Crippen LogP contribution in [0, 0.1) is 11.3 Å². The number of rotatable bonds is 3. The van der Waals surface area contributed by atoms with Gasteiger partial charge in [-0.05, 0) is 24.7 Å². The SMILES string of the molecule is CC(=O)CC[C@H](C)C(C)(C)C. The predicted octanol–water partition coefficient (Wildman–Crippen LogP) is 3.04. The molecule has 1 atom stereocenters. The molecule has 0 aromatic carbocycles. The van der Waals surface area contributed by atoms with Gasteiger partial charge in [-0.25, -0.2) is 0 Å². The van der Waals surface area contributed by atoms with Crippen LogP contribution in [0.3, 0.4) is 0 Å². The van der Waals surface area contributed by atoms with E-state index < -0.39 is 0 Å². The summed E-state index contributed by atoms with van der Waals surface area (Å²) in [4.78, 5) is 10.7. The van der Waals surface area contributed by atoms with Gasteiger partial charge in [-0.2, -0.15) is 0 Å². The fourth-order valence-electron chi connectivity index (χ4n) is 0.853. The van der Waals surface area contributed by atoms with E-state index in [1.54, 1.807) is 6.92 Å². The van der Waals surface area contributed by atoms with Gasteiger partial charge in [0.15, 0.2) is 0 Å². The normalized spacial score (nSPS) is 14.6. The topological polar surface area (TPSA) is 17.1 Å². The predicted molar refractivity (Wildman–Crippen MR) is 48.5 cm³/mol. The van der Waals surface area contributed by atoms with Crippen molar-refractivity contribution < 1.29 is 4.79 Å². The molecular weight excluding hydrogens is 136 g/mol. The summed E-state index contributed by atoms with van der Waals surface area (Å²) >= 11 is 0. The van der Waals surface area contributed by atoms with Gasteiger partial charge in [0.2, 0.25) is 0 Å². The molecule has 1 nitrogen and oxygen atoms in total. The highest BCUT2D eigenvalue weighted by atomic mass is 16.1. The molecule has 0 aromatic rings. The van der Waals surface area contributed by atoms with Crippen molar-refractivity contribution in [2.45, 2.75) is 47.5 Å². The number of hydrogen-bond donors (Lipinski definition) is 0. The zero-order valence-corrected chi connectivity index (χ0v) is 8.40. The van der Waals surface area contributed by atoms with Crippen LogP contribution in [0.2, 0.25) is 0 Å². The Labute approximate surface area is 70.2 Å². The summed E-state index contributed by atoms with van der Waals surface area (Å²) in [5.41, 5.74) is 0.343. The van der Waals surface area contributed by atoms with Crippen molar-refractivity contribution in [1.29, 1.82) is 0 Å². The Hall–Kier alpha value is -0.330. The molecule has 11 heavy (non-hydrogen) atoms. The molecule has 0 unspecified atom stereocenters. The highest BCUT2D eigenvalue weighted by Gasteiger charge is 2.19. The summed E-state index contributed by atoms with van der Waals surface area (Å²) in [6.45, 7) is 10.5. The van der Waals surface area contributed by atoms with Crippen LogP contribution in [0.4, 0.5) is 0 Å². The quantitative estimate of drug-likeness (QED) is 0.614. The summed E-state index contributed by atoms with van der Waals surface area (Å²) in [5, 5.41) is 0. The summed E-state index contributed by atoms with van der Waals surface area (Å²) in [5.74, 6) is 0.937. The maximum atomic E-state index is 10.7. The van der Waals surface area contributed by atoms with Crippen LogP contribution in [0.1, 0.15) is 47.5 Å². The maximum Gasteiger partial charge on any atom is 0.129 e. The average Bonchev–Trinajstić information content (AvgIpc) is 1.80. The molecule has 0 N–H and O–H groups in total. The Balaban J connectivity index is 3.70. The molecular formula is C10H20O. The third-order valence-corrected chi connectivity index (χ3v) is 2.41. The minimum atomic E-state index is 0.307. The summed E-state index contributed by atoms with van der Waals surface area (Å²) in [6, 6.07) is 0. The van der Waals surface area contributed by atoms with Crippen LogP contribution in [-0.4, -0.2) is 5.78 Å². The summed E-state index contributed by atoms with van der Waals surface area (Å²) in [6.07, 6.45) is 1.76. The lowest BCUT2D eigenvalue weighted by atomic mass is 9.79. The lowest BCUT2D eigenvalue weighted by Crippen LogP contribution is -2.17. The summed E-state index contributed by atoms with van der Waals surface area (Å²) in [7, 11) is 0. The van der Waals surface area contributed by atoms with Crippen molar-refractivity contribution in [1.82, 2.24) is 0 Å². The van der Waals surface area contributed by atoms with Crippen molar-refractivity contribution in [2.75, 3.05) is 0 Å². The molecule has 0 aliphatic rings. The van der Waals surface area contributed by atoms with E-state index in [1.807, 2.05) is 0 Å². The van der Waals surface area contributed by atoms with E-state index in [-0.39, 0.29) is 0 Å². The zero-order chi connectivity index (χ0) is 9.07. The fourth-order valence-corrected chi connectivity index (χ4v) is 0.853. The molecule has 0 saturated carbocycles. The number of Topliss-reactive ketones (excluding diaryl/α,β-unsaturated/α-hetero) is 1. The van der Waals surface area contributed by atoms with Crippen LogP contribution in [-0.2, 0) is 4.79 Å². The van der Waals surface area contributed by atoms with Crippen LogP contribution in [0.5, 0.6) is 0 Å². The standard InChI is InChI=1S/C10H20O/c1-8(10(3,4)5)6-7-9(2)11/h8H,6-7H2,1-5H3/t8-/m0/s1. The second-order valence-corrected chi connectivity index (χ2v) is 4.51. The number of ketones is 1. The van der Waals surface area contributed by atoms with E-state index in [2.05, 4.69) is 27.7 Å². The molecule has 66 valence electrons. The minimum absolute atomic E-state index is 0.307. The van der Waals surface area contributed by atoms with Crippen LogP contribution >= 0.6 is 0 Å². The lowest BCUT2D eigenvalue weighted by Gasteiger charge is -2.26. The zero-order valence-electron chi connectivity index (χ0n) is 8.40. The number of hydrogen-bond acceptors (Lipinski definition) is 1. The van der Waals surface area contributed by atoms with Gasteiger partial charge in [0.05, 0.1) is 0 Å². The molecule has 0 saturated heterocycles. The molecule has 0 aromatic heterocycles. The molecule has 0 bridgehead atoms. The highest BCUT2D eigenvalue weighted by molar-refractivity contribution is 5.75. The van der Waals surface area contributed by atoms with Crippen LogP contribution in [0.15, 0.2) is 0 Å². The number of carbonyl (C=O) groups is 1. The highest BCUT2D eigenvalue weighted by Crippen LogP contribution is 2.28. The average molecular weight is 156 g/mol. The molecule has 0 aliphatic carbocycles. The lowest BCUT2D eigenvalue weighted by molar-refractivity contribution is -0.117. The number of carbonyl (C=O) groups excluding carboxylic acids is 1. The van der Waals surface area contributed by atoms with Crippen molar-refractivity contribution in [2.24, 2.45) is 11.3 Å². The molecule has 0 amide bonds. The first kappa shape index (κ1) is 10.7. The van der Waals surface area contributed by atoms with Gasteiger partial charge in [-0.15, -0.1) is 0 Å². The third kappa shape index (κ3) is 5.00. The van der Waals surface area contributed by atoms with Crippen molar-refractivity contribution >= 4 is 5.78 Å². The van der Waals surface area contributed by atoms with Gasteiger partial charge in [-0.3, -0.25) is 0 Å². The van der Waals surface area contributed by atoms with Crippen molar-refractivity contribution in [3.05, 3.63) is 0 Å². The molecule has 1 heteroatoms. The maximum absolute atomic E-state index is 10.7. The Morgan fingerprint density at radius 1 is 1.36 bits per heavy atom. The Kier molecular flexibility index (Phi) is 3.77. The van der Waals surface area contributed by atoms with Gasteiger partial charge in [0.25, 0.3) is 0 Å². The third-order valence-electron chi connectivity index (χ3n) is 2.41. The smallest absolute Gasteiger partial charge is 0.129 e. The van der Waals surface area contributed by atoms with Crippen molar-refractivity contribution in [3.8, 4) is 0 Å². The first-order valence-electron chi connectivity index (χ1n) is 4.33. The van der Waals surface area contributed by atoms with Crippen LogP contribution in [0.25, 0.3) is 0 Å². The van der Waals surface area contributed by atoms with Crippen LogP contribution < -0.4 is 0 Å². The second kappa shape index (κ2) is 3.89. The van der Waals surface area contributed by atoms with Gasteiger partial charge >= 0.3 is 0 Å². The van der Waals surface area contributed by atoms with E-state index >= 15 is 0 Å². The first-order chi connectivity index (χ1) is 4.84. The molecule has 0 radical (unpaired) electrons. The largest absolute Gasteiger partial charge is 0.300 e. The molecule has 0 spiro atoms. The van der Waals surface area contributed by atoms with Gasteiger partial charge < -0.3 is 4.79 Å². The minimum Gasteiger partial charge on any atom is -0.300 e. The van der Waals surface area contributed by atoms with E-state index in [0.29, 0.717) is 17.1 Å². The molecule has 0 fully saturated rings. The van der Waals surface area contributed by atoms with E-state index in [4.69, 9.17) is 0 Å². The Bertz CT molecular complexity index is 130. The van der Waals surface area contributed by atoms with Gasteiger partial charge in [0.1, 0.15) is 5.78 Å².